The average Bonchev–Trinajstić information content (AvgIpc) is 2.99. The third kappa shape index (κ3) is 29.9. The molecule has 0 aromatic rings. The van der Waals surface area contributed by atoms with Crippen LogP contribution in [0.5, 0.6) is 0 Å². The van der Waals surface area contributed by atoms with E-state index in [0.29, 0.717) is 0 Å². The molecule has 0 aromatic carbocycles. The van der Waals surface area contributed by atoms with E-state index < -0.39 is 146 Å². The molecule has 43 heteroatoms. The maximum Gasteiger partial charge on any atom is 0.470 e. The first-order valence-corrected chi connectivity index (χ1v) is 24.9. The zero-order valence-electron chi connectivity index (χ0n) is 30.9. The first kappa shape index (κ1) is 60.9. The van der Waals surface area contributed by atoms with Crippen molar-refractivity contribution in [1.29, 1.82) is 0 Å². The molecule has 1 saturated carbocycles. The van der Waals surface area contributed by atoms with E-state index in [1.807, 2.05) is 0 Å². The number of carbonyl (C=O) groups is 5. The minimum Gasteiger partial charge on any atom is -0.480 e. The molecular weight excluding hydrogens is 1010 g/mol. The van der Waals surface area contributed by atoms with Crippen molar-refractivity contribution in [1.82, 2.24) is 14.7 Å². The second-order valence-electron chi connectivity index (χ2n) is 12.0. The molecule has 0 atom stereocenters. The zero-order chi connectivity index (χ0) is 49.7. The van der Waals surface area contributed by atoms with E-state index in [9.17, 15) is 51.4 Å². The van der Waals surface area contributed by atoms with Gasteiger partial charge in [-0.2, -0.15) is 0 Å². The molecule has 1 aliphatic carbocycles. The standard InChI is InChI=1S/C14H23N3O10.C6H18O24P6/c18-10(19)5-15(1-3-16(6-11(20)21)7-12(22)23)2-4-17(8-13(24)25)9-14(26)27;7-31(8,9)25-1-2(26-32(10,11)12)4(28-34(16,17)18)6(30-36(22,23)24)5(29-35(19,20)21)3(1)27-33(13,14)15/h1-9H2,(H,18,19)(H,20,21)(H,22,23)(H,24,25)(H,26,27);1-6H,(H2,7,8,9)(H2,10,11,12)(H2,13,14,15)(H2,16,17,18)(H2,19,20,21)(H2,22,23,24). The van der Waals surface area contributed by atoms with Gasteiger partial charge in [-0.05, 0) is 0 Å². The molecule has 0 saturated heterocycles. The SMILES string of the molecule is O=C(O)CN(CCN(CC(=O)O)CC(=O)O)CCN(CC(=O)O)CC(=O)O.O=P(O)(O)OC1C(OP(=O)(O)O)C(OP(=O)(O)O)C(OP(=O)(O)O)C(OP(=O)(O)O)C1OP(=O)(O)O. The van der Waals surface area contributed by atoms with Gasteiger partial charge in [0.15, 0.2) is 0 Å². The molecule has 1 fully saturated rings. The fourth-order valence-electron chi connectivity index (χ4n) is 5.01. The Bertz CT molecular complexity index is 1560. The van der Waals surface area contributed by atoms with Gasteiger partial charge in [0.2, 0.25) is 0 Å². The molecule has 0 radical (unpaired) electrons. The Morgan fingerprint density at radius 2 is 0.429 bits per heavy atom. The van der Waals surface area contributed by atoms with Gasteiger partial charge in [0.05, 0.1) is 32.7 Å². The Balaban J connectivity index is 0.00000127. The molecule has 0 bridgehead atoms. The van der Waals surface area contributed by atoms with Crippen LogP contribution in [-0.2, 0) is 78.5 Å². The van der Waals surface area contributed by atoms with Crippen molar-refractivity contribution in [2.75, 3.05) is 58.9 Å². The number of rotatable bonds is 28. The third-order valence-electron chi connectivity index (χ3n) is 6.76. The molecule has 0 spiro atoms. The fraction of sp³-hybridized carbons (Fsp3) is 0.750. The number of hydrogen-bond donors (Lipinski definition) is 17. The Labute approximate surface area is 349 Å². The van der Waals surface area contributed by atoms with Crippen LogP contribution in [0.3, 0.4) is 0 Å². The predicted molar refractivity (Wildman–Crippen MR) is 189 cm³/mol. The van der Waals surface area contributed by atoms with Crippen LogP contribution >= 0.6 is 46.9 Å². The van der Waals surface area contributed by atoms with Gasteiger partial charge in [-0.25, -0.2) is 27.4 Å². The third-order valence-corrected chi connectivity index (χ3v) is 9.86. The summed E-state index contributed by atoms with van der Waals surface area (Å²) >= 11 is 0. The van der Waals surface area contributed by atoms with E-state index in [1.165, 1.54) is 4.90 Å². The van der Waals surface area contributed by atoms with Crippen LogP contribution in [0.25, 0.3) is 0 Å². The van der Waals surface area contributed by atoms with Gasteiger partial charge in [-0.3, -0.25) is 65.8 Å². The van der Waals surface area contributed by atoms with E-state index in [-0.39, 0.29) is 26.2 Å². The van der Waals surface area contributed by atoms with Crippen LogP contribution in [0.2, 0.25) is 0 Å². The summed E-state index contributed by atoms with van der Waals surface area (Å²) in [5, 5.41) is 44.1. The largest absolute Gasteiger partial charge is 0.480 e. The lowest BCUT2D eigenvalue weighted by Crippen LogP contribution is -2.66. The fourth-order valence-corrected chi connectivity index (χ4v) is 8.36. The summed E-state index contributed by atoms with van der Waals surface area (Å²) in [6.07, 6.45) is -18.9. The number of aliphatic carboxylic acids is 5. The summed E-state index contributed by atoms with van der Waals surface area (Å²) in [6, 6.07) is 0. The molecule has 0 unspecified atom stereocenters. The first-order chi connectivity index (χ1) is 28.1. The number of phosphoric acid groups is 6. The lowest BCUT2D eigenvalue weighted by Gasteiger charge is -2.48. The highest BCUT2D eigenvalue weighted by molar-refractivity contribution is 7.47. The molecule has 63 heavy (non-hydrogen) atoms. The molecule has 370 valence electrons. The predicted octanol–water partition coefficient (Wildman–Crippen LogP) is -5.82. The van der Waals surface area contributed by atoms with E-state index >= 15 is 0 Å². The van der Waals surface area contributed by atoms with Crippen molar-refractivity contribution in [3.8, 4) is 0 Å². The number of phosphoric ester groups is 6. The Hall–Kier alpha value is -2.11. The highest BCUT2D eigenvalue weighted by atomic mass is 31.2. The van der Waals surface area contributed by atoms with Gasteiger partial charge >= 0.3 is 76.8 Å². The molecule has 0 aliphatic heterocycles. The topological polar surface area (TPSA) is 597 Å². The summed E-state index contributed by atoms with van der Waals surface area (Å²) in [6.45, 7) is -2.74. The normalized spacial score (nSPS) is 21.5. The van der Waals surface area contributed by atoms with Gasteiger partial charge in [0, 0.05) is 26.2 Å². The van der Waals surface area contributed by atoms with Crippen molar-refractivity contribution in [2.45, 2.75) is 36.6 Å². The number of nitrogens with zero attached hydrogens (tertiary/aromatic N) is 3. The van der Waals surface area contributed by atoms with Crippen LogP contribution in [0.1, 0.15) is 0 Å². The molecule has 0 heterocycles. The second-order valence-corrected chi connectivity index (χ2v) is 19.2. The van der Waals surface area contributed by atoms with Gasteiger partial charge < -0.3 is 84.3 Å². The van der Waals surface area contributed by atoms with Crippen LogP contribution < -0.4 is 0 Å². The summed E-state index contributed by atoms with van der Waals surface area (Å²) in [7, 11) is -36.1. The smallest absolute Gasteiger partial charge is 0.470 e. The Morgan fingerprint density at radius 1 is 0.302 bits per heavy atom. The quantitative estimate of drug-likeness (QED) is 0.0325. The molecule has 0 amide bonds. The van der Waals surface area contributed by atoms with Gasteiger partial charge in [-0.15, -0.1) is 0 Å². The van der Waals surface area contributed by atoms with Crippen LogP contribution in [0.15, 0.2) is 0 Å². The maximum atomic E-state index is 11.4. The molecule has 1 rings (SSSR count). The van der Waals surface area contributed by atoms with Crippen molar-refractivity contribution < 1.29 is 163 Å². The highest BCUT2D eigenvalue weighted by Gasteiger charge is 2.62. The van der Waals surface area contributed by atoms with E-state index in [0.717, 1.165) is 9.80 Å². The Kier molecular flexibility index (Phi) is 24.3. The lowest BCUT2D eigenvalue weighted by atomic mass is 9.85. The molecule has 17 N–H and O–H groups in total. The van der Waals surface area contributed by atoms with Crippen molar-refractivity contribution in [2.24, 2.45) is 0 Å². The van der Waals surface area contributed by atoms with Gasteiger partial charge in [-0.1, -0.05) is 0 Å². The maximum absolute atomic E-state index is 11.4. The number of hydrogen-bond acceptors (Lipinski definition) is 20. The number of carboxylic acids is 5. The zero-order valence-corrected chi connectivity index (χ0v) is 36.3. The highest BCUT2D eigenvalue weighted by Crippen LogP contribution is 2.57. The molecule has 1 aliphatic rings. The first-order valence-electron chi connectivity index (χ1n) is 15.8. The van der Waals surface area contributed by atoms with E-state index in [2.05, 4.69) is 27.1 Å². The Morgan fingerprint density at radius 3 is 0.556 bits per heavy atom. The van der Waals surface area contributed by atoms with Gasteiger partial charge in [0.1, 0.15) is 36.6 Å². The summed E-state index contributed by atoms with van der Waals surface area (Å²) in [5.74, 6) is -6.16. The summed E-state index contributed by atoms with van der Waals surface area (Å²) < 4.78 is 93.1. The molecular formula is C20H41N3O34P6. The number of carboxylic acid groups (broad SMARTS) is 5. The summed E-state index contributed by atoms with van der Waals surface area (Å²) in [5.41, 5.74) is 0. The molecule has 0 aromatic heterocycles. The average molecular weight is 1050 g/mol. The monoisotopic (exact) mass is 1050 g/mol. The van der Waals surface area contributed by atoms with E-state index in [1.54, 1.807) is 0 Å². The van der Waals surface area contributed by atoms with Crippen LogP contribution in [0.4, 0.5) is 0 Å². The summed E-state index contributed by atoms with van der Waals surface area (Å²) in [4.78, 5) is 167. The minimum absolute atomic E-state index is 0.000836. The lowest BCUT2D eigenvalue weighted by molar-refractivity contribution is -0.202. The van der Waals surface area contributed by atoms with Gasteiger partial charge in [0.25, 0.3) is 0 Å². The van der Waals surface area contributed by atoms with Crippen molar-refractivity contribution in [3.05, 3.63) is 0 Å². The van der Waals surface area contributed by atoms with Crippen molar-refractivity contribution in [3.63, 3.8) is 0 Å². The second kappa shape index (κ2) is 25.1. The van der Waals surface area contributed by atoms with Crippen LogP contribution in [-0.4, -0.2) is 224 Å². The van der Waals surface area contributed by atoms with E-state index in [4.69, 9.17) is 84.3 Å². The minimum atomic E-state index is -6.02. The van der Waals surface area contributed by atoms with Crippen molar-refractivity contribution >= 4 is 76.8 Å². The molecule has 37 nitrogen and oxygen atoms in total. The van der Waals surface area contributed by atoms with Crippen LogP contribution in [0, 0.1) is 0 Å².